The van der Waals surface area contributed by atoms with Crippen LogP contribution in [0.2, 0.25) is 10.0 Å². The number of halogens is 2. The summed E-state index contributed by atoms with van der Waals surface area (Å²) in [5.74, 6) is -0.587. The Morgan fingerprint density at radius 2 is 1.70 bits per heavy atom. The van der Waals surface area contributed by atoms with Crippen LogP contribution in [0.3, 0.4) is 0 Å². The maximum atomic E-state index is 12.8. The first-order valence-corrected chi connectivity index (χ1v) is 12.8. The number of nitrogens with zero attached hydrogens (tertiary/aromatic N) is 1. The lowest BCUT2D eigenvalue weighted by Crippen LogP contribution is -2.13. The molecule has 12 heteroatoms. The Bertz CT molecular complexity index is 1360. The van der Waals surface area contributed by atoms with Gasteiger partial charge >= 0.3 is 11.9 Å². The van der Waals surface area contributed by atoms with Gasteiger partial charge in [0.15, 0.2) is 11.5 Å². The Kier molecular flexibility index (Phi) is 11.6. The van der Waals surface area contributed by atoms with Crippen molar-refractivity contribution in [1.82, 2.24) is 0 Å². The van der Waals surface area contributed by atoms with Crippen LogP contribution < -0.4 is 14.8 Å². The molecule has 0 spiro atoms. The summed E-state index contributed by atoms with van der Waals surface area (Å²) in [6, 6.07) is 17.2. The number of para-hydroxylation sites is 2. The number of anilines is 2. The number of hydrogen-bond acceptors (Lipinski definition) is 9. The molecule has 3 aromatic carbocycles. The number of rotatable bonds is 14. The van der Waals surface area contributed by atoms with Crippen LogP contribution in [0.4, 0.5) is 11.4 Å². The first-order valence-electron chi connectivity index (χ1n) is 12.1. The van der Waals surface area contributed by atoms with E-state index in [0.29, 0.717) is 51.1 Å². The van der Waals surface area contributed by atoms with Gasteiger partial charge in [-0.1, -0.05) is 53.5 Å². The molecule has 0 atom stereocenters. The smallest absolute Gasteiger partial charge is 0.330 e. The zero-order chi connectivity index (χ0) is 28.9. The largest absolute Gasteiger partial charge is 0.493 e. The molecule has 0 aliphatic rings. The summed E-state index contributed by atoms with van der Waals surface area (Å²) < 4.78 is 16.0. The zero-order valence-corrected chi connectivity index (χ0v) is 22.9. The summed E-state index contributed by atoms with van der Waals surface area (Å²) in [7, 11) is 1.43. The van der Waals surface area contributed by atoms with Crippen LogP contribution in [0.5, 0.6) is 11.5 Å². The molecule has 0 saturated carbocycles. The van der Waals surface area contributed by atoms with Gasteiger partial charge in [-0.25, -0.2) is 4.79 Å². The molecule has 0 aliphatic heterocycles. The number of ether oxygens (including phenoxy) is 3. The lowest BCUT2D eigenvalue weighted by molar-refractivity contribution is -0.757. The topological polar surface area (TPSA) is 126 Å². The van der Waals surface area contributed by atoms with Crippen molar-refractivity contribution in [2.45, 2.75) is 19.3 Å². The summed E-state index contributed by atoms with van der Waals surface area (Å²) in [6.45, 7) is 0.0461. The number of hydrogen-bond donors (Lipinski definition) is 1. The highest BCUT2D eigenvalue weighted by Crippen LogP contribution is 2.34. The highest BCUT2D eigenvalue weighted by Gasteiger charge is 2.15. The molecule has 0 fully saturated rings. The monoisotopic (exact) mass is 588 g/mol. The molecule has 1 N–H and O–H groups in total. The van der Waals surface area contributed by atoms with Crippen LogP contribution in [-0.2, 0) is 25.6 Å². The van der Waals surface area contributed by atoms with E-state index in [2.05, 4.69) is 10.2 Å². The van der Waals surface area contributed by atoms with E-state index >= 15 is 0 Å². The van der Waals surface area contributed by atoms with Crippen molar-refractivity contribution in [3.05, 3.63) is 98.0 Å². The fourth-order valence-electron chi connectivity index (χ4n) is 3.46. The van der Waals surface area contributed by atoms with Gasteiger partial charge in [-0.05, 0) is 60.4 Å². The van der Waals surface area contributed by atoms with Crippen LogP contribution in [0.1, 0.15) is 24.0 Å². The summed E-state index contributed by atoms with van der Waals surface area (Å²) >= 11 is 12.5. The standard InChI is InChI=1S/C28H26Cl2N2O8/c1-37-25-17-19(12-14-26(33)38-15-4-5-16-39-32(35)36)11-13-24(25)40-27(34)18-20-7-2-3-10-23(20)31-28-21(29)8-6-9-22(28)30/h2-3,6-14,17,31H,4-5,15-16,18H2,1H3/b14-12+. The van der Waals surface area contributed by atoms with Gasteiger partial charge in [0, 0.05) is 11.8 Å². The highest BCUT2D eigenvalue weighted by atomic mass is 35.5. The van der Waals surface area contributed by atoms with Crippen molar-refractivity contribution in [1.29, 1.82) is 0 Å². The van der Waals surface area contributed by atoms with E-state index in [0.717, 1.165) is 0 Å². The number of unbranched alkanes of at least 4 members (excludes halogenated alkanes) is 1. The molecule has 0 bridgehead atoms. The molecule has 3 rings (SSSR count). The van der Waals surface area contributed by atoms with Crippen molar-refractivity contribution in [2.75, 3.05) is 25.6 Å². The van der Waals surface area contributed by atoms with Gasteiger partial charge in [-0.2, -0.15) is 0 Å². The van der Waals surface area contributed by atoms with Crippen LogP contribution >= 0.6 is 23.2 Å². The van der Waals surface area contributed by atoms with Crippen LogP contribution in [-0.4, -0.2) is 37.3 Å². The summed E-state index contributed by atoms with van der Waals surface area (Å²) in [5, 5.41) is 13.3. The van der Waals surface area contributed by atoms with E-state index in [1.165, 1.54) is 19.3 Å². The molecule has 0 aromatic heterocycles. The molecule has 40 heavy (non-hydrogen) atoms. The second-order valence-corrected chi connectivity index (χ2v) is 9.02. The van der Waals surface area contributed by atoms with E-state index in [4.69, 9.17) is 37.4 Å². The van der Waals surface area contributed by atoms with Gasteiger partial charge in [-0.15, -0.1) is 10.1 Å². The second kappa shape index (κ2) is 15.3. The van der Waals surface area contributed by atoms with Crippen LogP contribution in [0.25, 0.3) is 6.08 Å². The lowest BCUT2D eigenvalue weighted by Gasteiger charge is -2.15. The zero-order valence-electron chi connectivity index (χ0n) is 21.4. The number of nitrogens with one attached hydrogen (secondary N) is 1. The van der Waals surface area contributed by atoms with Gasteiger partial charge in [0.2, 0.25) is 0 Å². The van der Waals surface area contributed by atoms with Crippen molar-refractivity contribution in [3.63, 3.8) is 0 Å². The molecule has 0 radical (unpaired) electrons. The van der Waals surface area contributed by atoms with E-state index in [1.54, 1.807) is 54.6 Å². The van der Waals surface area contributed by atoms with Gasteiger partial charge in [0.05, 0.1) is 42.5 Å². The lowest BCUT2D eigenvalue weighted by atomic mass is 10.1. The molecule has 0 amide bonds. The molecular weight excluding hydrogens is 563 g/mol. The normalized spacial score (nSPS) is 10.7. The summed E-state index contributed by atoms with van der Waals surface area (Å²) in [6.07, 6.45) is 3.53. The molecule has 0 saturated heterocycles. The molecule has 3 aromatic rings. The Balaban J connectivity index is 1.58. The van der Waals surface area contributed by atoms with E-state index in [9.17, 15) is 19.7 Å². The fourth-order valence-corrected chi connectivity index (χ4v) is 3.95. The van der Waals surface area contributed by atoms with E-state index in [-0.39, 0.29) is 25.4 Å². The van der Waals surface area contributed by atoms with Gasteiger partial charge in [-0.3, -0.25) is 4.79 Å². The number of carbonyl (C=O) groups excluding carboxylic acids is 2. The van der Waals surface area contributed by atoms with Gasteiger partial charge in [0.1, 0.15) is 0 Å². The third kappa shape index (κ3) is 9.48. The Labute approximate surface area is 240 Å². The molecule has 10 nitrogen and oxygen atoms in total. The van der Waals surface area contributed by atoms with E-state index < -0.39 is 17.0 Å². The quantitative estimate of drug-likeness (QED) is 0.0565. The van der Waals surface area contributed by atoms with Crippen molar-refractivity contribution in [2.24, 2.45) is 0 Å². The van der Waals surface area contributed by atoms with Crippen LogP contribution in [0, 0.1) is 10.1 Å². The van der Waals surface area contributed by atoms with Gasteiger partial charge in [0.25, 0.3) is 5.09 Å². The average Bonchev–Trinajstić information content (AvgIpc) is 2.92. The molecular formula is C28H26Cl2N2O8. The molecule has 210 valence electrons. The second-order valence-electron chi connectivity index (χ2n) is 8.20. The van der Waals surface area contributed by atoms with Crippen molar-refractivity contribution in [3.8, 4) is 11.5 Å². The van der Waals surface area contributed by atoms with Crippen LogP contribution in [0.15, 0.2) is 66.7 Å². The third-order valence-electron chi connectivity index (χ3n) is 5.38. The Morgan fingerprint density at radius 1 is 0.975 bits per heavy atom. The highest BCUT2D eigenvalue weighted by molar-refractivity contribution is 6.39. The van der Waals surface area contributed by atoms with Gasteiger partial charge < -0.3 is 24.4 Å². The summed E-state index contributed by atoms with van der Waals surface area (Å²) in [4.78, 5) is 39.0. The Hall–Kier alpha value is -4.28. The maximum absolute atomic E-state index is 12.8. The first-order chi connectivity index (χ1) is 19.3. The average molecular weight is 589 g/mol. The summed E-state index contributed by atoms with van der Waals surface area (Å²) in [5.41, 5.74) is 2.46. The number of methoxy groups -OCH3 is 1. The number of esters is 2. The van der Waals surface area contributed by atoms with Crippen molar-refractivity contribution < 1.29 is 33.7 Å². The third-order valence-corrected chi connectivity index (χ3v) is 6.01. The molecule has 0 heterocycles. The van der Waals surface area contributed by atoms with E-state index in [1.807, 2.05) is 6.07 Å². The molecule has 0 unspecified atom stereocenters. The maximum Gasteiger partial charge on any atom is 0.330 e. The minimum absolute atomic E-state index is 0.0416. The number of carbonyl (C=O) groups is 2. The first kappa shape index (κ1) is 30.3. The predicted octanol–water partition coefficient (Wildman–Crippen LogP) is 6.44. The minimum Gasteiger partial charge on any atom is -0.493 e. The minimum atomic E-state index is -0.869. The SMILES string of the molecule is COc1cc(/C=C/C(=O)OCCCCO[N+](=O)[O-])ccc1OC(=O)Cc1ccccc1Nc1c(Cl)cccc1Cl. The molecule has 0 aliphatic carbocycles. The van der Waals surface area contributed by atoms with Crippen molar-refractivity contribution >= 4 is 52.6 Å². The fraction of sp³-hybridized carbons (Fsp3) is 0.214. The predicted molar refractivity (Wildman–Crippen MR) is 151 cm³/mol. The Morgan fingerprint density at radius 3 is 2.42 bits per heavy atom. The number of benzene rings is 3.